The van der Waals surface area contributed by atoms with Gasteiger partial charge < -0.3 is 10.0 Å². The predicted octanol–water partition coefficient (Wildman–Crippen LogP) is 4.81. The zero-order chi connectivity index (χ0) is 16.1. The Hall–Kier alpha value is -1.35. The molecule has 0 spiro atoms. The van der Waals surface area contributed by atoms with Gasteiger partial charge in [-0.1, -0.05) is 76.0 Å². The normalized spacial score (nSPS) is 24.8. The lowest BCUT2D eigenvalue weighted by Gasteiger charge is -2.31. The molecule has 126 valence electrons. The van der Waals surface area contributed by atoms with Gasteiger partial charge in [0, 0.05) is 17.2 Å². The third kappa shape index (κ3) is 3.77. The minimum absolute atomic E-state index is 0.0187. The maximum absolute atomic E-state index is 12.7. The zero-order valence-electron chi connectivity index (χ0n) is 14.0. The highest BCUT2D eigenvalue weighted by molar-refractivity contribution is 5.99. The average molecular weight is 315 g/mol. The number of carbonyl (C=O) groups is 1. The summed E-state index contributed by atoms with van der Waals surface area (Å²) >= 11 is 0. The van der Waals surface area contributed by atoms with Crippen LogP contribution in [0.5, 0.6) is 0 Å². The van der Waals surface area contributed by atoms with Crippen LogP contribution in [0.15, 0.2) is 24.3 Å². The van der Waals surface area contributed by atoms with Crippen LogP contribution in [0.3, 0.4) is 0 Å². The van der Waals surface area contributed by atoms with E-state index in [-0.39, 0.29) is 11.9 Å². The van der Waals surface area contributed by atoms with Crippen molar-refractivity contribution in [3.63, 3.8) is 0 Å². The number of benzene rings is 1. The number of amides is 1. The summed E-state index contributed by atoms with van der Waals surface area (Å²) < 4.78 is 0. The van der Waals surface area contributed by atoms with Gasteiger partial charge in [0.1, 0.15) is 0 Å². The summed E-state index contributed by atoms with van der Waals surface area (Å²) in [6.45, 7) is 0. The van der Waals surface area contributed by atoms with E-state index in [2.05, 4.69) is 0 Å². The third-order valence-electron chi connectivity index (χ3n) is 5.44. The first kappa shape index (κ1) is 16.5. The van der Waals surface area contributed by atoms with Crippen molar-refractivity contribution in [1.82, 2.24) is 4.90 Å². The molecule has 23 heavy (non-hydrogen) atoms. The largest absolute Gasteiger partial charge is 0.369 e. The summed E-state index contributed by atoms with van der Waals surface area (Å²) in [5.41, 5.74) is 1.47. The highest BCUT2D eigenvalue weighted by Crippen LogP contribution is 2.36. The van der Waals surface area contributed by atoms with Gasteiger partial charge in [0.2, 0.25) is 0 Å². The fourth-order valence-corrected chi connectivity index (χ4v) is 4.10. The molecule has 1 aliphatic carbocycles. The molecule has 1 aliphatic heterocycles. The van der Waals surface area contributed by atoms with Crippen LogP contribution in [0, 0.1) is 0 Å². The Morgan fingerprint density at radius 2 is 1.35 bits per heavy atom. The van der Waals surface area contributed by atoms with Gasteiger partial charge >= 0.3 is 0 Å². The molecule has 1 heterocycles. The Kier molecular flexibility index (Phi) is 5.71. The topological polar surface area (TPSA) is 40.5 Å². The minimum atomic E-state index is -0.753. The van der Waals surface area contributed by atoms with Gasteiger partial charge in [-0.15, -0.1) is 0 Å². The van der Waals surface area contributed by atoms with Crippen molar-refractivity contribution in [1.29, 1.82) is 0 Å². The molecule has 1 aromatic carbocycles. The molecule has 1 atom stereocenters. The summed E-state index contributed by atoms with van der Waals surface area (Å²) in [5, 5.41) is 10.7. The zero-order valence-corrected chi connectivity index (χ0v) is 14.0. The van der Waals surface area contributed by atoms with E-state index in [0.717, 1.165) is 31.2 Å². The molecular formula is C20H29NO2. The molecule has 3 heteroatoms. The molecule has 3 rings (SSSR count). The van der Waals surface area contributed by atoms with E-state index in [1.807, 2.05) is 24.3 Å². The van der Waals surface area contributed by atoms with Crippen molar-refractivity contribution in [3.8, 4) is 0 Å². The SMILES string of the molecule is O=C1c2ccccc2[C@@H](O)N1C1CCCCCCCCCCC1. The number of aliphatic hydroxyl groups excluding tert-OH is 1. The fraction of sp³-hybridized carbons (Fsp3) is 0.650. The van der Waals surface area contributed by atoms with Gasteiger partial charge in [0.15, 0.2) is 6.23 Å². The summed E-state index contributed by atoms with van der Waals surface area (Å²) in [7, 11) is 0. The average Bonchev–Trinajstić information content (AvgIpc) is 2.81. The number of nitrogens with zero attached hydrogens (tertiary/aromatic N) is 1. The van der Waals surface area contributed by atoms with Crippen molar-refractivity contribution in [3.05, 3.63) is 35.4 Å². The van der Waals surface area contributed by atoms with Gasteiger partial charge in [0.05, 0.1) is 0 Å². The van der Waals surface area contributed by atoms with Gasteiger partial charge in [-0.25, -0.2) is 0 Å². The molecule has 2 aliphatic rings. The Morgan fingerprint density at radius 3 is 1.91 bits per heavy atom. The van der Waals surface area contributed by atoms with Crippen LogP contribution in [0.1, 0.15) is 92.8 Å². The molecular weight excluding hydrogens is 286 g/mol. The van der Waals surface area contributed by atoms with Crippen LogP contribution in [-0.4, -0.2) is 22.0 Å². The van der Waals surface area contributed by atoms with Crippen LogP contribution >= 0.6 is 0 Å². The highest BCUT2D eigenvalue weighted by Gasteiger charge is 2.38. The molecule has 0 radical (unpaired) electrons. The van der Waals surface area contributed by atoms with Crippen LogP contribution < -0.4 is 0 Å². The summed E-state index contributed by atoms with van der Waals surface area (Å²) in [6.07, 6.45) is 12.8. The smallest absolute Gasteiger partial charge is 0.256 e. The Bertz CT molecular complexity index is 516. The van der Waals surface area contributed by atoms with Crippen LogP contribution in [0.4, 0.5) is 0 Å². The van der Waals surface area contributed by atoms with E-state index in [4.69, 9.17) is 0 Å². The van der Waals surface area contributed by atoms with Gasteiger partial charge in [-0.2, -0.15) is 0 Å². The van der Waals surface area contributed by atoms with E-state index in [1.54, 1.807) is 4.90 Å². The number of fused-ring (bicyclic) bond motifs is 1. The molecule has 1 saturated carbocycles. The number of hydrogen-bond acceptors (Lipinski definition) is 2. The molecule has 0 saturated heterocycles. The maximum atomic E-state index is 12.7. The van der Waals surface area contributed by atoms with E-state index in [0.29, 0.717) is 5.56 Å². The molecule has 3 nitrogen and oxygen atoms in total. The summed E-state index contributed by atoms with van der Waals surface area (Å²) in [5.74, 6) is 0.0187. The van der Waals surface area contributed by atoms with Gasteiger partial charge in [0.25, 0.3) is 5.91 Å². The molecule has 0 aromatic heterocycles. The second-order valence-electron chi connectivity index (χ2n) is 7.09. The molecule has 1 fully saturated rings. The lowest BCUT2D eigenvalue weighted by molar-refractivity contribution is -0.00776. The number of hydrogen-bond donors (Lipinski definition) is 1. The van der Waals surface area contributed by atoms with E-state index < -0.39 is 6.23 Å². The van der Waals surface area contributed by atoms with Crippen molar-refractivity contribution in [2.75, 3.05) is 0 Å². The quantitative estimate of drug-likeness (QED) is 0.808. The minimum Gasteiger partial charge on any atom is -0.369 e. The number of carbonyl (C=O) groups excluding carboxylic acids is 1. The van der Waals surface area contributed by atoms with Crippen molar-refractivity contribution < 1.29 is 9.90 Å². The Labute approximate surface area is 139 Å². The van der Waals surface area contributed by atoms with Crippen LogP contribution in [0.25, 0.3) is 0 Å². The Morgan fingerprint density at radius 1 is 0.826 bits per heavy atom. The molecule has 0 unspecified atom stereocenters. The molecule has 1 amide bonds. The number of rotatable bonds is 1. The summed E-state index contributed by atoms with van der Waals surface area (Å²) in [4.78, 5) is 14.5. The fourth-order valence-electron chi connectivity index (χ4n) is 4.10. The second kappa shape index (κ2) is 7.96. The third-order valence-corrected chi connectivity index (χ3v) is 5.44. The van der Waals surface area contributed by atoms with Crippen LogP contribution in [-0.2, 0) is 0 Å². The maximum Gasteiger partial charge on any atom is 0.256 e. The lowest BCUT2D eigenvalue weighted by atomic mass is 9.97. The summed E-state index contributed by atoms with van der Waals surface area (Å²) in [6, 6.07) is 7.70. The van der Waals surface area contributed by atoms with E-state index in [9.17, 15) is 9.90 Å². The molecule has 1 N–H and O–H groups in total. The van der Waals surface area contributed by atoms with Gasteiger partial charge in [-0.3, -0.25) is 4.79 Å². The highest BCUT2D eigenvalue weighted by atomic mass is 16.3. The second-order valence-corrected chi connectivity index (χ2v) is 7.09. The van der Waals surface area contributed by atoms with Crippen LogP contribution in [0.2, 0.25) is 0 Å². The number of aliphatic hydroxyl groups is 1. The predicted molar refractivity (Wildman–Crippen MR) is 92.1 cm³/mol. The monoisotopic (exact) mass is 315 g/mol. The first-order valence-corrected chi connectivity index (χ1v) is 9.38. The molecule has 0 bridgehead atoms. The van der Waals surface area contributed by atoms with Crippen molar-refractivity contribution in [2.45, 2.75) is 82.9 Å². The van der Waals surface area contributed by atoms with Crippen molar-refractivity contribution in [2.24, 2.45) is 0 Å². The standard InChI is InChI=1S/C20H29NO2/c22-19-17-14-10-11-15-18(17)20(23)21(19)16-12-8-6-4-2-1-3-5-7-9-13-16/h10-11,14-16,19,22H,1-9,12-13H2/t19-/m1/s1. The van der Waals surface area contributed by atoms with Gasteiger partial charge in [-0.05, 0) is 18.9 Å². The Balaban J connectivity index is 1.71. The first-order valence-electron chi connectivity index (χ1n) is 9.38. The van der Waals surface area contributed by atoms with E-state index in [1.165, 1.54) is 44.9 Å². The molecule has 1 aromatic rings. The first-order chi connectivity index (χ1) is 11.3. The van der Waals surface area contributed by atoms with E-state index >= 15 is 0 Å². The lowest BCUT2D eigenvalue weighted by Crippen LogP contribution is -2.38. The van der Waals surface area contributed by atoms with Crippen molar-refractivity contribution >= 4 is 5.91 Å².